The van der Waals surface area contributed by atoms with Gasteiger partial charge in [0, 0.05) is 53.5 Å². The number of ketones is 1. The molecule has 0 spiro atoms. The van der Waals surface area contributed by atoms with Crippen molar-refractivity contribution in [2.24, 2.45) is 10.8 Å². The van der Waals surface area contributed by atoms with Crippen LogP contribution in [-0.4, -0.2) is 20.9 Å². The van der Waals surface area contributed by atoms with E-state index >= 15 is 0 Å². The van der Waals surface area contributed by atoms with E-state index in [0.29, 0.717) is 11.8 Å². The topological polar surface area (TPSA) is 76.2 Å². The van der Waals surface area contributed by atoms with Crippen molar-refractivity contribution in [3.05, 3.63) is 120 Å². The summed E-state index contributed by atoms with van der Waals surface area (Å²) in [5.41, 5.74) is 8.78. The number of hydrogen-bond acceptors (Lipinski definition) is 5. The number of benzene rings is 5. The van der Waals surface area contributed by atoms with Crippen LogP contribution in [0.3, 0.4) is 0 Å². The van der Waals surface area contributed by atoms with Crippen molar-refractivity contribution < 1.29 is 34.4 Å². The summed E-state index contributed by atoms with van der Waals surface area (Å²) in [6.07, 6.45) is 4.75. The second-order valence-corrected chi connectivity index (χ2v) is 16.8. The van der Waals surface area contributed by atoms with E-state index in [9.17, 15) is 9.90 Å². The molecule has 6 heteroatoms. The van der Waals surface area contributed by atoms with Crippen LogP contribution in [0.4, 0.5) is 0 Å². The molecular weight excluding hydrogens is 893 g/mol. The molecule has 5 aromatic carbocycles. The maximum atomic E-state index is 12.2. The Hall–Kier alpha value is -4.64. The van der Waals surface area contributed by atoms with Crippen molar-refractivity contribution in [2.45, 2.75) is 114 Å². The van der Waals surface area contributed by atoms with E-state index in [1.807, 2.05) is 60.6 Å². The van der Waals surface area contributed by atoms with Crippen molar-refractivity contribution in [3.8, 4) is 22.4 Å². The fourth-order valence-corrected chi connectivity index (χ4v) is 7.61. The second-order valence-electron chi connectivity index (χ2n) is 16.8. The third-order valence-electron chi connectivity index (χ3n) is 12.6. The van der Waals surface area contributed by atoms with Gasteiger partial charge < -0.3 is 9.52 Å². The molecule has 0 unspecified atom stereocenters. The van der Waals surface area contributed by atoms with E-state index in [4.69, 9.17) is 14.4 Å². The maximum Gasteiger partial charge on any atom is 0.164 e. The molecule has 5 nitrogen and oxygen atoms in total. The van der Waals surface area contributed by atoms with Gasteiger partial charge in [0.2, 0.25) is 0 Å². The summed E-state index contributed by atoms with van der Waals surface area (Å²) < 4.78 is 6.59. The number of hydrogen-bond donors (Lipinski definition) is 1. The molecular formula is C52H59IrN2O3-. The van der Waals surface area contributed by atoms with Crippen LogP contribution in [0.5, 0.6) is 0 Å². The summed E-state index contributed by atoms with van der Waals surface area (Å²) in [6.45, 7) is 23.1. The fourth-order valence-electron chi connectivity index (χ4n) is 7.61. The molecule has 0 saturated carbocycles. The molecule has 2 heterocycles. The van der Waals surface area contributed by atoms with Gasteiger partial charge in [0.1, 0.15) is 17.2 Å². The predicted molar refractivity (Wildman–Crippen MR) is 240 cm³/mol. The fraction of sp³-hybridized carbons (Fsp3) is 0.365. The van der Waals surface area contributed by atoms with Crippen LogP contribution in [0.25, 0.3) is 66.0 Å². The second kappa shape index (κ2) is 18.1. The smallest absolute Gasteiger partial charge is 0.164 e. The number of aliphatic hydroxyl groups excluding tert-OH is 1. The summed E-state index contributed by atoms with van der Waals surface area (Å²) in [5, 5.41) is 15.8. The molecule has 0 atom stereocenters. The minimum atomic E-state index is -0.337. The summed E-state index contributed by atoms with van der Waals surface area (Å²) in [7, 11) is 0. The Morgan fingerprint density at radius 3 is 2.05 bits per heavy atom. The maximum absolute atomic E-state index is 12.2. The summed E-state index contributed by atoms with van der Waals surface area (Å²) >= 11 is 0. The molecule has 0 bridgehead atoms. The first kappa shape index (κ1) is 44.5. The van der Waals surface area contributed by atoms with Gasteiger partial charge in [0.15, 0.2) is 5.78 Å². The molecule has 0 amide bonds. The number of fused-ring (bicyclic) bond motifs is 6. The van der Waals surface area contributed by atoms with Gasteiger partial charge in [-0.15, -0.1) is 18.2 Å². The number of aromatic nitrogens is 2. The zero-order valence-electron chi connectivity index (χ0n) is 36.1. The van der Waals surface area contributed by atoms with Crippen molar-refractivity contribution in [1.29, 1.82) is 0 Å². The van der Waals surface area contributed by atoms with Crippen LogP contribution >= 0.6 is 0 Å². The summed E-state index contributed by atoms with van der Waals surface area (Å²) in [6, 6.07) is 33.5. The van der Waals surface area contributed by atoms with E-state index in [1.54, 1.807) is 0 Å². The molecule has 1 N–H and O–H groups in total. The first-order valence-corrected chi connectivity index (χ1v) is 20.8. The van der Waals surface area contributed by atoms with Gasteiger partial charge in [-0.2, -0.15) is 0 Å². The number of carbonyl (C=O) groups is 1. The molecule has 2 aromatic heterocycles. The van der Waals surface area contributed by atoms with Crippen LogP contribution in [0.15, 0.2) is 101 Å². The third kappa shape index (κ3) is 8.56. The Balaban J connectivity index is 0.000000304. The van der Waals surface area contributed by atoms with E-state index in [-0.39, 0.29) is 42.5 Å². The standard InChI is InChI=1S/C37H31N2O.C15H28O2.Ir/c1-21(2)27-18-26-15-17-30-35(38-23(5)39-36(30)34(26)32(19-27)22(3)4)31-13-9-12-29-28-16-14-25(20-33(28)40-37(29)31)24-10-7-6-8-11-24;1-7-14(5,8-2)12(16)11-13(17)15(6,9-3)10-4;/h6-12,14-22H,1-5H3;11,16H,7-10H2,1-6H3;/q-1;;/b;12-11-;. The van der Waals surface area contributed by atoms with Crippen LogP contribution in [-0.2, 0) is 24.9 Å². The molecule has 7 rings (SSSR count). The number of aryl methyl sites for hydroxylation is 1. The van der Waals surface area contributed by atoms with Crippen molar-refractivity contribution >= 4 is 49.4 Å². The van der Waals surface area contributed by atoms with Crippen LogP contribution in [0, 0.1) is 23.8 Å². The van der Waals surface area contributed by atoms with Gasteiger partial charge in [-0.25, -0.2) is 4.98 Å². The molecule has 58 heavy (non-hydrogen) atoms. The van der Waals surface area contributed by atoms with E-state index in [1.165, 1.54) is 33.5 Å². The molecule has 0 fully saturated rings. The van der Waals surface area contributed by atoms with Crippen molar-refractivity contribution in [2.75, 3.05) is 0 Å². The quantitative estimate of drug-likeness (QED) is 0.0605. The number of aliphatic hydroxyl groups is 1. The number of carbonyl (C=O) groups excluding carboxylic acids is 1. The van der Waals surface area contributed by atoms with E-state index in [2.05, 4.69) is 107 Å². The van der Waals surface area contributed by atoms with Crippen LogP contribution < -0.4 is 0 Å². The number of furan rings is 1. The zero-order valence-corrected chi connectivity index (χ0v) is 38.5. The monoisotopic (exact) mass is 952 g/mol. The first-order chi connectivity index (χ1) is 27.2. The minimum Gasteiger partial charge on any atom is -0.512 e. The Kier molecular flexibility index (Phi) is 13.9. The molecule has 0 aliphatic carbocycles. The SMILES string of the molecule is CCC(C)(CC)C(=O)/C=C(\O)C(C)(CC)CC.Cc1nc(-c2[c-]ccc3c2oc2cc(-c4ccccc4)ccc23)c2ccc3cc(C(C)C)cc(C(C)C)c3c2n1.[Ir]. The van der Waals surface area contributed by atoms with Gasteiger partial charge in [0.25, 0.3) is 0 Å². The summed E-state index contributed by atoms with van der Waals surface area (Å²) in [4.78, 5) is 22.2. The van der Waals surface area contributed by atoms with Crippen LogP contribution in [0.2, 0.25) is 0 Å². The molecule has 0 aliphatic heterocycles. The number of nitrogens with zero attached hydrogens (tertiary/aromatic N) is 2. The normalized spacial score (nSPS) is 12.4. The Morgan fingerprint density at radius 2 is 1.43 bits per heavy atom. The Labute approximate surface area is 358 Å². The van der Waals surface area contributed by atoms with Crippen molar-refractivity contribution in [3.63, 3.8) is 0 Å². The Morgan fingerprint density at radius 1 is 0.776 bits per heavy atom. The average Bonchev–Trinajstić information content (AvgIpc) is 3.60. The molecule has 7 aromatic rings. The van der Waals surface area contributed by atoms with E-state index in [0.717, 1.165) is 81.2 Å². The van der Waals surface area contributed by atoms with E-state index < -0.39 is 0 Å². The third-order valence-corrected chi connectivity index (χ3v) is 12.6. The summed E-state index contributed by atoms with van der Waals surface area (Å²) in [5.74, 6) is 1.86. The van der Waals surface area contributed by atoms with Crippen molar-refractivity contribution in [1.82, 2.24) is 9.97 Å². The predicted octanol–water partition coefficient (Wildman–Crippen LogP) is 15.0. The van der Waals surface area contributed by atoms with Gasteiger partial charge in [-0.1, -0.05) is 147 Å². The van der Waals surface area contributed by atoms with Crippen LogP contribution in [0.1, 0.15) is 124 Å². The first-order valence-electron chi connectivity index (χ1n) is 20.8. The largest absolute Gasteiger partial charge is 0.512 e. The minimum absolute atomic E-state index is 0. The zero-order chi connectivity index (χ0) is 41.2. The molecule has 305 valence electrons. The molecule has 0 saturated heterocycles. The number of allylic oxidation sites excluding steroid dienone is 2. The molecule has 0 aliphatic rings. The van der Waals surface area contributed by atoms with Gasteiger partial charge >= 0.3 is 0 Å². The number of rotatable bonds is 11. The molecule has 1 radical (unpaired) electrons. The van der Waals surface area contributed by atoms with Gasteiger partial charge in [0.05, 0.1) is 11.1 Å². The average molecular weight is 952 g/mol. The van der Waals surface area contributed by atoms with Gasteiger partial charge in [-0.3, -0.25) is 9.78 Å². The Bertz CT molecular complexity index is 2590. The van der Waals surface area contributed by atoms with Gasteiger partial charge in [-0.05, 0) is 83.5 Å².